The van der Waals surface area contributed by atoms with Gasteiger partial charge < -0.3 is 15.3 Å². The first-order chi connectivity index (χ1) is 10.1. The van der Waals surface area contributed by atoms with Crippen LogP contribution >= 0.6 is 0 Å². The Labute approximate surface area is 125 Å². The fourth-order valence-electron chi connectivity index (χ4n) is 4.37. The van der Waals surface area contributed by atoms with Gasteiger partial charge in [0, 0.05) is 44.7 Å². The average molecular weight is 295 g/mol. The minimum atomic E-state index is -0.756. The Balaban J connectivity index is 1.73. The van der Waals surface area contributed by atoms with Crippen molar-refractivity contribution in [2.45, 2.75) is 38.6 Å². The van der Waals surface area contributed by atoms with E-state index < -0.39 is 11.4 Å². The number of carboxylic acids is 1. The molecule has 3 aliphatic rings. The van der Waals surface area contributed by atoms with E-state index in [1.54, 1.807) is 4.90 Å². The van der Waals surface area contributed by atoms with Crippen LogP contribution in [0.3, 0.4) is 0 Å². The van der Waals surface area contributed by atoms with E-state index in [0.717, 1.165) is 6.54 Å². The van der Waals surface area contributed by atoms with Gasteiger partial charge in [0.15, 0.2) is 0 Å². The van der Waals surface area contributed by atoms with Gasteiger partial charge in [-0.15, -0.1) is 0 Å². The van der Waals surface area contributed by atoms with Crippen LogP contribution in [0.1, 0.15) is 32.6 Å². The number of fused-ring (bicyclic) bond motifs is 1. The maximum atomic E-state index is 12.0. The fourth-order valence-corrected chi connectivity index (χ4v) is 4.37. The molecular weight excluding hydrogens is 270 g/mol. The molecule has 0 radical (unpaired) electrons. The molecule has 0 aromatic carbocycles. The predicted molar refractivity (Wildman–Crippen MR) is 78.0 cm³/mol. The van der Waals surface area contributed by atoms with Crippen LogP contribution in [0.15, 0.2) is 0 Å². The van der Waals surface area contributed by atoms with E-state index in [-0.39, 0.29) is 11.9 Å². The number of carboxylic acid groups (broad SMARTS) is 1. The Morgan fingerprint density at radius 3 is 2.52 bits per heavy atom. The topological polar surface area (TPSA) is 72.9 Å². The van der Waals surface area contributed by atoms with E-state index in [4.69, 9.17) is 0 Å². The third kappa shape index (κ3) is 2.39. The van der Waals surface area contributed by atoms with Crippen LogP contribution in [0.2, 0.25) is 0 Å². The van der Waals surface area contributed by atoms with Gasteiger partial charge in [-0.1, -0.05) is 12.8 Å². The van der Waals surface area contributed by atoms with Crippen LogP contribution in [0.25, 0.3) is 0 Å². The van der Waals surface area contributed by atoms with Gasteiger partial charge in [0.05, 0.1) is 0 Å². The monoisotopic (exact) mass is 295 g/mol. The molecule has 2 atom stereocenters. The van der Waals surface area contributed by atoms with Crippen molar-refractivity contribution >= 4 is 12.0 Å². The summed E-state index contributed by atoms with van der Waals surface area (Å²) in [5, 5.41) is 12.6. The molecule has 0 aromatic rings. The molecule has 0 spiro atoms. The van der Waals surface area contributed by atoms with Crippen LogP contribution in [-0.2, 0) is 4.79 Å². The van der Waals surface area contributed by atoms with Crippen LogP contribution in [0, 0.1) is 11.3 Å². The lowest BCUT2D eigenvalue weighted by atomic mass is 9.81. The number of hydrogen-bond donors (Lipinski definition) is 2. The number of amides is 2. The van der Waals surface area contributed by atoms with Gasteiger partial charge in [0.25, 0.3) is 0 Å². The van der Waals surface area contributed by atoms with Crippen LogP contribution < -0.4 is 5.32 Å². The van der Waals surface area contributed by atoms with Gasteiger partial charge in [0.2, 0.25) is 0 Å². The largest absolute Gasteiger partial charge is 0.481 e. The lowest BCUT2D eigenvalue weighted by molar-refractivity contribution is -0.148. The first-order valence-electron chi connectivity index (χ1n) is 8.07. The van der Waals surface area contributed by atoms with Crippen molar-refractivity contribution in [2.75, 3.05) is 32.7 Å². The number of likely N-dealkylation sites (tertiary alicyclic amines) is 2. The highest BCUT2D eigenvalue weighted by atomic mass is 16.4. The van der Waals surface area contributed by atoms with Gasteiger partial charge in [0.1, 0.15) is 5.41 Å². The molecule has 3 rings (SSSR count). The van der Waals surface area contributed by atoms with E-state index in [9.17, 15) is 14.7 Å². The zero-order valence-electron chi connectivity index (χ0n) is 12.7. The molecule has 6 nitrogen and oxygen atoms in total. The molecule has 0 unspecified atom stereocenters. The number of nitrogens with zero attached hydrogens (tertiary/aromatic N) is 2. The zero-order valence-corrected chi connectivity index (χ0v) is 12.7. The SMILES string of the molecule is CCNC(=O)N1C[C@@H]2CN(C3CCCC3)C[C@]2(C(=O)O)C1. The third-order valence-corrected chi connectivity index (χ3v) is 5.52. The number of urea groups is 1. The van der Waals surface area contributed by atoms with Crippen molar-refractivity contribution in [1.29, 1.82) is 0 Å². The van der Waals surface area contributed by atoms with E-state index in [2.05, 4.69) is 10.2 Å². The standard InChI is InChI=1S/C15H25N3O3/c1-2-16-14(21)18-8-11-7-17(12-5-3-4-6-12)9-15(11,10-18)13(19)20/h11-12H,2-10H2,1H3,(H,16,21)(H,19,20)/t11-,15-/m0/s1. The average Bonchev–Trinajstić information content (AvgIpc) is 3.12. The molecule has 2 amide bonds. The highest BCUT2D eigenvalue weighted by molar-refractivity contribution is 5.81. The molecule has 3 fully saturated rings. The molecular formula is C15H25N3O3. The molecule has 118 valence electrons. The summed E-state index contributed by atoms with van der Waals surface area (Å²) in [6.45, 7) is 4.81. The van der Waals surface area contributed by atoms with Crippen LogP contribution in [0.5, 0.6) is 0 Å². The number of nitrogens with one attached hydrogen (secondary N) is 1. The highest BCUT2D eigenvalue weighted by Crippen LogP contribution is 2.45. The smallest absolute Gasteiger partial charge is 0.317 e. The number of rotatable bonds is 3. The van der Waals surface area contributed by atoms with E-state index in [1.165, 1.54) is 25.7 Å². The highest BCUT2D eigenvalue weighted by Gasteiger charge is 2.59. The quantitative estimate of drug-likeness (QED) is 0.814. The Morgan fingerprint density at radius 1 is 1.24 bits per heavy atom. The molecule has 2 N–H and O–H groups in total. The fraction of sp³-hybridized carbons (Fsp3) is 0.867. The Hall–Kier alpha value is -1.30. The molecule has 1 aliphatic carbocycles. The third-order valence-electron chi connectivity index (χ3n) is 5.52. The summed E-state index contributed by atoms with van der Waals surface area (Å²) >= 11 is 0. The number of carbonyl (C=O) groups excluding carboxylic acids is 1. The Kier molecular flexibility index (Phi) is 3.82. The normalized spacial score (nSPS) is 33.4. The summed E-state index contributed by atoms with van der Waals surface area (Å²) in [7, 11) is 0. The second-order valence-electron chi connectivity index (χ2n) is 6.74. The molecule has 2 saturated heterocycles. The van der Waals surface area contributed by atoms with E-state index in [0.29, 0.717) is 32.2 Å². The lowest BCUT2D eigenvalue weighted by Crippen LogP contribution is -2.45. The lowest BCUT2D eigenvalue weighted by Gasteiger charge is -2.28. The maximum absolute atomic E-state index is 12.0. The second-order valence-corrected chi connectivity index (χ2v) is 6.74. The number of hydrogen-bond acceptors (Lipinski definition) is 3. The van der Waals surface area contributed by atoms with Crippen LogP contribution in [0.4, 0.5) is 4.79 Å². The van der Waals surface area contributed by atoms with Gasteiger partial charge in [-0.05, 0) is 19.8 Å². The minimum Gasteiger partial charge on any atom is -0.481 e. The summed E-state index contributed by atoms with van der Waals surface area (Å²) in [6.07, 6.45) is 4.92. The first-order valence-corrected chi connectivity index (χ1v) is 8.07. The van der Waals surface area contributed by atoms with Crippen LogP contribution in [-0.4, -0.2) is 65.7 Å². The summed E-state index contributed by atoms with van der Waals surface area (Å²) in [4.78, 5) is 28.0. The predicted octanol–water partition coefficient (Wildman–Crippen LogP) is 0.977. The van der Waals surface area contributed by atoms with Crippen molar-refractivity contribution in [3.05, 3.63) is 0 Å². The Bertz CT molecular complexity index is 436. The first kappa shape index (κ1) is 14.6. The summed E-state index contributed by atoms with van der Waals surface area (Å²) in [5.41, 5.74) is -0.756. The molecule has 0 aromatic heterocycles. The number of aliphatic carboxylic acids is 1. The summed E-state index contributed by atoms with van der Waals surface area (Å²) in [5.74, 6) is -0.669. The van der Waals surface area contributed by atoms with Crippen molar-refractivity contribution < 1.29 is 14.7 Å². The van der Waals surface area contributed by atoms with Gasteiger partial charge >= 0.3 is 12.0 Å². The van der Waals surface area contributed by atoms with E-state index >= 15 is 0 Å². The van der Waals surface area contributed by atoms with Crippen molar-refractivity contribution in [3.8, 4) is 0 Å². The minimum absolute atomic E-state index is 0.0678. The molecule has 0 bridgehead atoms. The molecule has 1 saturated carbocycles. The summed E-state index contributed by atoms with van der Waals surface area (Å²) < 4.78 is 0. The molecule has 2 aliphatic heterocycles. The Morgan fingerprint density at radius 2 is 1.95 bits per heavy atom. The molecule has 2 heterocycles. The second kappa shape index (κ2) is 5.48. The maximum Gasteiger partial charge on any atom is 0.317 e. The van der Waals surface area contributed by atoms with Gasteiger partial charge in [-0.3, -0.25) is 9.69 Å². The van der Waals surface area contributed by atoms with Crippen molar-refractivity contribution in [3.63, 3.8) is 0 Å². The summed E-state index contributed by atoms with van der Waals surface area (Å²) in [6, 6.07) is 0.435. The molecule has 6 heteroatoms. The van der Waals surface area contributed by atoms with Crippen molar-refractivity contribution in [2.24, 2.45) is 11.3 Å². The number of carbonyl (C=O) groups is 2. The van der Waals surface area contributed by atoms with Crippen molar-refractivity contribution in [1.82, 2.24) is 15.1 Å². The van der Waals surface area contributed by atoms with Gasteiger partial charge in [-0.25, -0.2) is 4.79 Å². The molecule has 21 heavy (non-hydrogen) atoms. The van der Waals surface area contributed by atoms with Gasteiger partial charge in [-0.2, -0.15) is 0 Å². The van der Waals surface area contributed by atoms with E-state index in [1.807, 2.05) is 6.92 Å². The zero-order chi connectivity index (χ0) is 15.0.